The minimum atomic E-state index is -0.399. The molecule has 7 nitrogen and oxygen atoms in total. The van der Waals surface area contributed by atoms with Crippen molar-refractivity contribution < 1.29 is 14.3 Å². The fourth-order valence-electron chi connectivity index (χ4n) is 2.36. The highest BCUT2D eigenvalue weighted by Crippen LogP contribution is 2.32. The van der Waals surface area contributed by atoms with E-state index in [1.165, 1.54) is 0 Å². The maximum Gasteiger partial charge on any atom is 0.338 e. The minimum Gasteiger partial charge on any atom is -0.462 e. The summed E-state index contributed by atoms with van der Waals surface area (Å²) in [4.78, 5) is 28.2. The molecule has 1 atom stereocenters. The van der Waals surface area contributed by atoms with Crippen molar-refractivity contribution in [3.8, 4) is 0 Å². The Labute approximate surface area is 136 Å². The highest BCUT2D eigenvalue weighted by atomic mass is 79.9. The van der Waals surface area contributed by atoms with E-state index in [-0.39, 0.29) is 11.8 Å². The van der Waals surface area contributed by atoms with Crippen molar-refractivity contribution in [3.63, 3.8) is 0 Å². The zero-order valence-corrected chi connectivity index (χ0v) is 13.6. The van der Waals surface area contributed by atoms with Crippen LogP contribution in [-0.4, -0.2) is 31.6 Å². The molecular weight excluding hydrogens is 352 g/mol. The van der Waals surface area contributed by atoms with E-state index < -0.39 is 5.97 Å². The van der Waals surface area contributed by atoms with Crippen LogP contribution in [0.15, 0.2) is 27.8 Å². The number of benzene rings is 1. The summed E-state index contributed by atoms with van der Waals surface area (Å²) in [5.41, 5.74) is 9.48. The van der Waals surface area contributed by atoms with Crippen LogP contribution in [0.5, 0.6) is 0 Å². The first kappa shape index (κ1) is 16.3. The van der Waals surface area contributed by atoms with Crippen LogP contribution in [0, 0.1) is 5.92 Å². The second-order valence-corrected chi connectivity index (χ2v) is 5.73. The Morgan fingerprint density at radius 1 is 1.59 bits per heavy atom. The molecule has 2 rings (SSSR count). The topological polar surface area (TPSA) is 95.4 Å². The lowest BCUT2D eigenvalue weighted by Crippen LogP contribution is -2.25. The van der Waals surface area contributed by atoms with Crippen LogP contribution in [-0.2, 0) is 9.53 Å². The smallest absolute Gasteiger partial charge is 0.338 e. The predicted molar refractivity (Wildman–Crippen MR) is 84.6 cm³/mol. The number of rotatable bonds is 5. The molecule has 0 saturated carbocycles. The van der Waals surface area contributed by atoms with E-state index in [0.29, 0.717) is 41.8 Å². The molecule has 1 aromatic carbocycles. The summed E-state index contributed by atoms with van der Waals surface area (Å²) in [6.45, 7) is 2.85. The second-order valence-electron chi connectivity index (χ2n) is 4.87. The Kier molecular flexibility index (Phi) is 5.41. The number of carbonyl (C=O) groups is 2. The molecule has 1 aromatic rings. The molecule has 1 heterocycles. The van der Waals surface area contributed by atoms with Crippen molar-refractivity contribution in [1.29, 1.82) is 0 Å². The van der Waals surface area contributed by atoms with Gasteiger partial charge in [-0.15, -0.1) is 0 Å². The Hall–Kier alpha value is -2.05. The largest absolute Gasteiger partial charge is 0.462 e. The fourth-order valence-corrected chi connectivity index (χ4v) is 2.95. The molecule has 22 heavy (non-hydrogen) atoms. The third-order valence-electron chi connectivity index (χ3n) is 3.36. The van der Waals surface area contributed by atoms with Crippen LogP contribution in [0.25, 0.3) is 10.4 Å². The lowest BCUT2D eigenvalue weighted by molar-refractivity contribution is -0.117. The first-order chi connectivity index (χ1) is 10.6. The summed E-state index contributed by atoms with van der Waals surface area (Å²) in [7, 11) is 0. The van der Waals surface area contributed by atoms with Crippen molar-refractivity contribution in [2.45, 2.75) is 13.3 Å². The Morgan fingerprint density at radius 2 is 2.36 bits per heavy atom. The zero-order valence-electron chi connectivity index (χ0n) is 12.0. The van der Waals surface area contributed by atoms with Gasteiger partial charge in [0.25, 0.3) is 0 Å². The van der Waals surface area contributed by atoms with Gasteiger partial charge >= 0.3 is 5.97 Å². The van der Waals surface area contributed by atoms with Gasteiger partial charge in [-0.05, 0) is 52.5 Å². The van der Waals surface area contributed by atoms with Crippen LogP contribution >= 0.6 is 15.9 Å². The zero-order chi connectivity index (χ0) is 16.1. The first-order valence-corrected chi connectivity index (χ1v) is 7.64. The lowest BCUT2D eigenvalue weighted by Gasteiger charge is -2.18. The Bertz CT molecular complexity index is 643. The van der Waals surface area contributed by atoms with Gasteiger partial charge in [0.15, 0.2) is 0 Å². The van der Waals surface area contributed by atoms with Crippen LogP contribution in [0.1, 0.15) is 23.7 Å². The summed E-state index contributed by atoms with van der Waals surface area (Å²) in [5.74, 6) is -0.411. The third kappa shape index (κ3) is 3.58. The van der Waals surface area contributed by atoms with Crippen molar-refractivity contribution in [2.75, 3.05) is 24.6 Å². The molecule has 8 heteroatoms. The van der Waals surface area contributed by atoms with E-state index in [0.717, 1.165) is 0 Å². The highest BCUT2D eigenvalue weighted by Gasteiger charge is 2.31. The van der Waals surface area contributed by atoms with Crippen molar-refractivity contribution in [2.24, 2.45) is 11.0 Å². The van der Waals surface area contributed by atoms with Gasteiger partial charge in [-0.1, -0.05) is 5.11 Å². The van der Waals surface area contributed by atoms with E-state index in [9.17, 15) is 9.59 Å². The lowest BCUT2D eigenvalue weighted by atomic mass is 10.1. The first-order valence-electron chi connectivity index (χ1n) is 6.84. The van der Waals surface area contributed by atoms with Crippen molar-refractivity contribution >= 4 is 33.5 Å². The van der Waals surface area contributed by atoms with Gasteiger partial charge in [0.05, 0.1) is 17.9 Å². The number of amides is 1. The number of hydrogen-bond donors (Lipinski definition) is 0. The molecule has 0 radical (unpaired) electrons. The average molecular weight is 367 g/mol. The maximum absolute atomic E-state index is 12.1. The molecule has 0 spiro atoms. The predicted octanol–water partition coefficient (Wildman–Crippen LogP) is 3.29. The number of anilines is 1. The molecule has 1 fully saturated rings. The van der Waals surface area contributed by atoms with E-state index in [1.54, 1.807) is 30.0 Å². The van der Waals surface area contributed by atoms with E-state index >= 15 is 0 Å². The van der Waals surface area contributed by atoms with Crippen LogP contribution in [0.3, 0.4) is 0 Å². The molecular formula is C14H15BrN4O3. The molecule has 1 saturated heterocycles. The number of azide groups is 1. The van der Waals surface area contributed by atoms with Gasteiger partial charge in [-0.25, -0.2) is 4.79 Å². The summed E-state index contributed by atoms with van der Waals surface area (Å²) < 4.78 is 5.59. The fraction of sp³-hybridized carbons (Fsp3) is 0.429. The standard InChI is InChI=1S/C14H15BrN4O3/c1-2-22-14(21)10-3-4-12(11(15)6-10)19-8-9(5-13(19)20)7-17-18-16/h3-4,6,9H,2,5,7-8H2,1H3. The van der Waals surface area contributed by atoms with E-state index in [2.05, 4.69) is 26.0 Å². The molecule has 1 aliphatic rings. The monoisotopic (exact) mass is 366 g/mol. The number of carbonyl (C=O) groups excluding carboxylic acids is 2. The van der Waals surface area contributed by atoms with Gasteiger partial charge in [0, 0.05) is 28.9 Å². The summed E-state index contributed by atoms with van der Waals surface area (Å²) in [5, 5.41) is 3.53. The number of nitrogens with zero attached hydrogens (tertiary/aromatic N) is 4. The maximum atomic E-state index is 12.1. The van der Waals surface area contributed by atoms with Gasteiger partial charge in [-0.3, -0.25) is 4.79 Å². The Morgan fingerprint density at radius 3 is 3.00 bits per heavy atom. The third-order valence-corrected chi connectivity index (χ3v) is 3.99. The molecule has 0 N–H and O–H groups in total. The van der Waals surface area contributed by atoms with Gasteiger partial charge in [0.1, 0.15) is 0 Å². The van der Waals surface area contributed by atoms with Crippen molar-refractivity contribution in [1.82, 2.24) is 0 Å². The van der Waals surface area contributed by atoms with E-state index in [1.807, 2.05) is 0 Å². The number of esters is 1. The normalized spacial score (nSPS) is 17.3. The van der Waals surface area contributed by atoms with Gasteiger partial charge in [-0.2, -0.15) is 0 Å². The average Bonchev–Trinajstić information content (AvgIpc) is 2.86. The van der Waals surface area contributed by atoms with Crippen LogP contribution < -0.4 is 4.90 Å². The summed E-state index contributed by atoms with van der Waals surface area (Å²) in [6, 6.07) is 4.98. The second kappa shape index (κ2) is 7.29. The SMILES string of the molecule is CCOC(=O)c1ccc(N2CC(CN=[N+]=[N-])CC2=O)c(Br)c1. The minimum absolute atomic E-state index is 0.0139. The van der Waals surface area contributed by atoms with E-state index in [4.69, 9.17) is 10.3 Å². The van der Waals surface area contributed by atoms with Gasteiger partial charge < -0.3 is 9.64 Å². The Balaban J connectivity index is 2.17. The van der Waals surface area contributed by atoms with Gasteiger partial charge in [0.2, 0.25) is 5.91 Å². The molecule has 1 amide bonds. The molecule has 0 aliphatic carbocycles. The summed E-state index contributed by atoms with van der Waals surface area (Å²) >= 11 is 3.39. The molecule has 0 aromatic heterocycles. The molecule has 1 unspecified atom stereocenters. The van der Waals surface area contributed by atoms with Crippen LogP contribution in [0.2, 0.25) is 0 Å². The number of halogens is 1. The molecule has 116 valence electrons. The number of hydrogen-bond acceptors (Lipinski definition) is 4. The highest BCUT2D eigenvalue weighted by molar-refractivity contribution is 9.10. The quantitative estimate of drug-likeness (QED) is 0.346. The molecule has 0 bridgehead atoms. The molecule has 1 aliphatic heterocycles. The van der Waals surface area contributed by atoms with Crippen LogP contribution in [0.4, 0.5) is 5.69 Å². The van der Waals surface area contributed by atoms with Crippen molar-refractivity contribution in [3.05, 3.63) is 38.7 Å². The number of ether oxygens (including phenoxy) is 1. The summed E-state index contributed by atoms with van der Waals surface area (Å²) in [6.07, 6.45) is 0.352.